The first-order valence-corrected chi connectivity index (χ1v) is 11.2. The Morgan fingerprint density at radius 3 is 2.55 bits per heavy atom. The molecule has 8 heteroatoms. The van der Waals surface area contributed by atoms with Gasteiger partial charge in [-0.3, -0.25) is 4.79 Å². The highest BCUT2D eigenvalue weighted by Crippen LogP contribution is 2.30. The summed E-state index contributed by atoms with van der Waals surface area (Å²) in [6.07, 6.45) is 0. The Morgan fingerprint density at radius 1 is 1.12 bits per heavy atom. The number of carbonyl (C=O) groups is 2. The number of aryl methyl sites for hydroxylation is 1. The standard InChI is InChI=1S/C25H30N4O4/c1-16-9-10-19-18(15-16)22(23(26-19)25(31)33-4)27-24(30)17(2)28-11-13-29(14-12-28)20-7-5-6-8-21(20)32-3/h5-10,15,17,26H,11-14H2,1-4H3,(H,27,30)/p+1/t17-/m0/s1. The number of hydrogen-bond donors (Lipinski definition) is 3. The molecule has 33 heavy (non-hydrogen) atoms. The zero-order chi connectivity index (χ0) is 23.5. The minimum atomic E-state index is -0.510. The maximum absolute atomic E-state index is 13.2. The van der Waals surface area contributed by atoms with E-state index in [0.29, 0.717) is 5.69 Å². The number of quaternary nitrogens is 1. The van der Waals surface area contributed by atoms with E-state index in [2.05, 4.69) is 21.3 Å². The van der Waals surface area contributed by atoms with Crippen molar-refractivity contribution < 1.29 is 24.0 Å². The molecule has 3 aromatic rings. The molecule has 1 atom stereocenters. The zero-order valence-electron chi connectivity index (χ0n) is 19.5. The zero-order valence-corrected chi connectivity index (χ0v) is 19.5. The second-order valence-electron chi connectivity index (χ2n) is 8.44. The highest BCUT2D eigenvalue weighted by atomic mass is 16.5. The number of anilines is 2. The number of aromatic amines is 1. The first kappa shape index (κ1) is 22.7. The van der Waals surface area contributed by atoms with Gasteiger partial charge in [0.15, 0.2) is 6.04 Å². The molecule has 1 aromatic heterocycles. The topological polar surface area (TPSA) is 88.1 Å². The third-order valence-electron chi connectivity index (χ3n) is 6.43. The predicted octanol–water partition coefficient (Wildman–Crippen LogP) is 2.00. The van der Waals surface area contributed by atoms with E-state index in [9.17, 15) is 9.59 Å². The summed E-state index contributed by atoms with van der Waals surface area (Å²) in [7, 11) is 3.01. The number of aromatic nitrogens is 1. The SMILES string of the molecule is COC(=O)c1[nH]c2ccc(C)cc2c1NC(=O)[C@H](C)[NH+]1CCN(c2ccccc2OC)CC1. The Kier molecular flexibility index (Phi) is 6.55. The second kappa shape index (κ2) is 9.54. The van der Waals surface area contributed by atoms with Crippen molar-refractivity contribution in [3.05, 3.63) is 53.7 Å². The third-order valence-corrected chi connectivity index (χ3v) is 6.43. The molecule has 0 spiro atoms. The molecule has 8 nitrogen and oxygen atoms in total. The molecule has 1 fully saturated rings. The van der Waals surface area contributed by atoms with Crippen molar-refractivity contribution in [3.8, 4) is 5.75 Å². The number of nitrogens with one attached hydrogen (secondary N) is 3. The van der Waals surface area contributed by atoms with Gasteiger partial charge in [-0.1, -0.05) is 23.8 Å². The molecule has 174 valence electrons. The number of ether oxygens (including phenoxy) is 2. The molecule has 0 aliphatic carbocycles. The van der Waals surface area contributed by atoms with Crippen molar-refractivity contribution in [1.82, 2.24) is 4.98 Å². The number of nitrogens with zero attached hydrogens (tertiary/aromatic N) is 1. The lowest BCUT2D eigenvalue weighted by Gasteiger charge is -2.36. The van der Waals surface area contributed by atoms with Crippen LogP contribution in [0.4, 0.5) is 11.4 Å². The van der Waals surface area contributed by atoms with Gasteiger partial charge in [0.05, 0.1) is 51.8 Å². The lowest BCUT2D eigenvalue weighted by atomic mass is 10.1. The van der Waals surface area contributed by atoms with Crippen LogP contribution in [0.2, 0.25) is 0 Å². The van der Waals surface area contributed by atoms with Crippen LogP contribution >= 0.6 is 0 Å². The Bertz CT molecular complexity index is 1160. The predicted molar refractivity (Wildman–Crippen MR) is 128 cm³/mol. The van der Waals surface area contributed by atoms with Crippen LogP contribution in [0.25, 0.3) is 10.9 Å². The largest absolute Gasteiger partial charge is 0.495 e. The number of amides is 1. The average Bonchev–Trinajstić information content (AvgIpc) is 3.20. The fourth-order valence-electron chi connectivity index (χ4n) is 4.47. The van der Waals surface area contributed by atoms with Crippen molar-refractivity contribution in [2.45, 2.75) is 19.9 Å². The molecule has 2 heterocycles. The fraction of sp³-hybridized carbons (Fsp3) is 0.360. The summed E-state index contributed by atoms with van der Waals surface area (Å²) in [5.74, 6) is 0.226. The number of benzene rings is 2. The summed E-state index contributed by atoms with van der Waals surface area (Å²) < 4.78 is 10.4. The van der Waals surface area contributed by atoms with Crippen LogP contribution in [0, 0.1) is 6.92 Å². The Labute approximate surface area is 193 Å². The highest BCUT2D eigenvalue weighted by Gasteiger charge is 2.31. The molecular formula is C25H31N4O4+. The van der Waals surface area contributed by atoms with Gasteiger partial charge in [0, 0.05) is 10.9 Å². The van der Waals surface area contributed by atoms with Gasteiger partial charge in [0.2, 0.25) is 0 Å². The van der Waals surface area contributed by atoms with Gasteiger partial charge in [-0.05, 0) is 38.1 Å². The van der Waals surface area contributed by atoms with Crippen LogP contribution in [-0.2, 0) is 9.53 Å². The Hall–Kier alpha value is -3.52. The second-order valence-corrected chi connectivity index (χ2v) is 8.44. The number of carbonyl (C=O) groups excluding carboxylic acids is 2. The highest BCUT2D eigenvalue weighted by molar-refractivity contribution is 6.11. The third kappa shape index (κ3) is 4.52. The van der Waals surface area contributed by atoms with Crippen LogP contribution < -0.4 is 19.9 Å². The van der Waals surface area contributed by atoms with Gasteiger partial charge < -0.3 is 29.6 Å². The van der Waals surface area contributed by atoms with E-state index in [1.165, 1.54) is 12.0 Å². The van der Waals surface area contributed by atoms with Crippen LogP contribution in [0.3, 0.4) is 0 Å². The molecule has 3 N–H and O–H groups in total. The molecule has 0 unspecified atom stereocenters. The molecule has 1 amide bonds. The van der Waals surface area contributed by atoms with Crippen LogP contribution in [-0.4, -0.2) is 63.3 Å². The minimum absolute atomic E-state index is 0.122. The lowest BCUT2D eigenvalue weighted by molar-refractivity contribution is -0.914. The molecule has 4 rings (SSSR count). The minimum Gasteiger partial charge on any atom is -0.495 e. The summed E-state index contributed by atoms with van der Waals surface area (Å²) >= 11 is 0. The number of H-pyrrole nitrogens is 1. The van der Waals surface area contributed by atoms with E-state index in [4.69, 9.17) is 9.47 Å². The molecular weight excluding hydrogens is 420 g/mol. The Morgan fingerprint density at radius 2 is 1.85 bits per heavy atom. The number of fused-ring (bicyclic) bond motifs is 1. The number of piperazine rings is 1. The van der Waals surface area contributed by atoms with Gasteiger partial charge in [0.1, 0.15) is 11.4 Å². The number of methoxy groups -OCH3 is 2. The molecule has 0 radical (unpaired) electrons. The molecule has 1 aliphatic rings. The van der Waals surface area contributed by atoms with Gasteiger partial charge >= 0.3 is 5.97 Å². The summed E-state index contributed by atoms with van der Waals surface area (Å²) in [6.45, 7) is 7.21. The lowest BCUT2D eigenvalue weighted by Crippen LogP contribution is -3.19. The maximum atomic E-state index is 13.2. The fourth-order valence-corrected chi connectivity index (χ4v) is 4.47. The van der Waals surface area contributed by atoms with Crippen LogP contribution in [0.1, 0.15) is 23.0 Å². The summed E-state index contributed by atoms with van der Waals surface area (Å²) in [5, 5.41) is 3.81. The average molecular weight is 452 g/mol. The number of esters is 1. The summed E-state index contributed by atoms with van der Waals surface area (Å²) in [5.41, 5.74) is 3.63. The van der Waals surface area contributed by atoms with E-state index >= 15 is 0 Å². The van der Waals surface area contributed by atoms with E-state index in [1.54, 1.807) is 7.11 Å². The monoisotopic (exact) mass is 451 g/mol. The van der Waals surface area contributed by atoms with Crippen molar-refractivity contribution in [2.24, 2.45) is 0 Å². The van der Waals surface area contributed by atoms with Crippen LogP contribution in [0.5, 0.6) is 5.75 Å². The van der Waals surface area contributed by atoms with Gasteiger partial charge in [-0.15, -0.1) is 0 Å². The van der Waals surface area contributed by atoms with Crippen molar-refractivity contribution in [3.63, 3.8) is 0 Å². The van der Waals surface area contributed by atoms with Crippen molar-refractivity contribution in [1.29, 1.82) is 0 Å². The molecule has 0 saturated carbocycles. The van der Waals surface area contributed by atoms with Gasteiger partial charge in [-0.2, -0.15) is 0 Å². The quantitative estimate of drug-likeness (QED) is 0.499. The van der Waals surface area contributed by atoms with E-state index in [1.807, 2.05) is 50.2 Å². The number of para-hydroxylation sites is 2. The molecule has 1 aliphatic heterocycles. The molecule has 2 aromatic carbocycles. The Balaban J connectivity index is 1.48. The smallest absolute Gasteiger partial charge is 0.356 e. The summed E-state index contributed by atoms with van der Waals surface area (Å²) in [6, 6.07) is 13.5. The summed E-state index contributed by atoms with van der Waals surface area (Å²) in [4.78, 5) is 32.1. The van der Waals surface area contributed by atoms with E-state index in [0.717, 1.165) is 54.1 Å². The molecule has 1 saturated heterocycles. The first-order valence-electron chi connectivity index (χ1n) is 11.2. The van der Waals surface area contributed by atoms with Gasteiger partial charge in [-0.25, -0.2) is 4.79 Å². The van der Waals surface area contributed by atoms with Crippen molar-refractivity contribution >= 4 is 34.2 Å². The first-order chi connectivity index (χ1) is 15.9. The van der Waals surface area contributed by atoms with E-state index in [-0.39, 0.29) is 17.6 Å². The maximum Gasteiger partial charge on any atom is 0.356 e. The van der Waals surface area contributed by atoms with Crippen molar-refractivity contribution in [2.75, 3.05) is 50.6 Å². The van der Waals surface area contributed by atoms with E-state index < -0.39 is 5.97 Å². The van der Waals surface area contributed by atoms with Gasteiger partial charge in [0.25, 0.3) is 5.91 Å². The number of hydrogen-bond acceptors (Lipinski definition) is 5. The van der Waals surface area contributed by atoms with Crippen LogP contribution in [0.15, 0.2) is 42.5 Å². The normalized spacial score (nSPS) is 15.3. The number of rotatable bonds is 6. The molecule has 0 bridgehead atoms.